The predicted molar refractivity (Wildman–Crippen MR) is 92.4 cm³/mol. The second-order valence-electron chi connectivity index (χ2n) is 8.50. The van der Waals surface area contributed by atoms with E-state index in [9.17, 15) is 36.3 Å². The van der Waals surface area contributed by atoms with Crippen molar-refractivity contribution in [1.29, 1.82) is 0 Å². The van der Waals surface area contributed by atoms with E-state index in [0.717, 1.165) is 5.06 Å². The Morgan fingerprint density at radius 1 is 1.00 bits per heavy atom. The topological polar surface area (TPSA) is 49.4 Å². The highest BCUT2D eigenvalue weighted by molar-refractivity contribution is 5.90. The van der Waals surface area contributed by atoms with Gasteiger partial charge in [0.15, 0.2) is 0 Å². The Morgan fingerprint density at radius 2 is 1.53 bits per heavy atom. The molecular formula is C20H20F6NO3. The molecule has 0 N–H and O–H groups in total. The molecule has 1 aliphatic heterocycles. The number of rotatable bonds is 2. The van der Waals surface area contributed by atoms with Crippen molar-refractivity contribution in [1.82, 2.24) is 5.06 Å². The lowest BCUT2D eigenvalue weighted by atomic mass is 9.81. The smallest absolute Gasteiger partial charge is 0.416 e. The summed E-state index contributed by atoms with van der Waals surface area (Å²) in [5, 5.41) is 13.6. The first-order valence-corrected chi connectivity index (χ1v) is 9.27. The van der Waals surface area contributed by atoms with Crippen LogP contribution >= 0.6 is 0 Å². The minimum atomic E-state index is -5.07. The third kappa shape index (κ3) is 3.94. The van der Waals surface area contributed by atoms with E-state index in [4.69, 9.17) is 4.74 Å². The van der Waals surface area contributed by atoms with Crippen molar-refractivity contribution in [3.8, 4) is 0 Å². The minimum Gasteiger partial charge on any atom is -0.427 e. The number of allylic oxidation sites excluding steroid dienone is 1. The third-order valence-electron chi connectivity index (χ3n) is 5.70. The van der Waals surface area contributed by atoms with E-state index >= 15 is 0 Å². The maximum absolute atomic E-state index is 13.0. The zero-order valence-electron chi connectivity index (χ0n) is 16.5. The molecule has 1 aliphatic carbocycles. The highest BCUT2D eigenvalue weighted by Crippen LogP contribution is 2.51. The van der Waals surface area contributed by atoms with Crippen LogP contribution in [0.3, 0.4) is 0 Å². The van der Waals surface area contributed by atoms with Gasteiger partial charge in [-0.3, -0.25) is 0 Å². The lowest BCUT2D eigenvalue weighted by Gasteiger charge is -2.37. The standard InChI is InChI=1S/C20H20F6NO3/c1-17(2)10-14-15(5-4-6-18(14,3)27(17)29)30-16(28)11-7-12(19(21,22)23)9-13(8-11)20(24,25)26/h7-9H,4-6,10H2,1-3H3/t18-/m1/s1. The molecule has 4 nitrogen and oxygen atoms in total. The highest BCUT2D eigenvalue weighted by Gasteiger charge is 2.54. The van der Waals surface area contributed by atoms with E-state index < -0.39 is 46.1 Å². The quantitative estimate of drug-likeness (QED) is 0.428. The van der Waals surface area contributed by atoms with Crippen molar-refractivity contribution in [3.63, 3.8) is 0 Å². The van der Waals surface area contributed by atoms with E-state index in [-0.39, 0.29) is 24.7 Å². The Labute approximate surface area is 169 Å². The fourth-order valence-electron chi connectivity index (χ4n) is 4.24. The number of hydroxylamine groups is 2. The molecule has 1 heterocycles. The summed E-state index contributed by atoms with van der Waals surface area (Å²) in [7, 11) is 0. The molecule has 0 spiro atoms. The summed E-state index contributed by atoms with van der Waals surface area (Å²) >= 11 is 0. The van der Waals surface area contributed by atoms with Crippen molar-refractivity contribution in [2.24, 2.45) is 0 Å². The van der Waals surface area contributed by atoms with Gasteiger partial charge in [-0.05, 0) is 63.8 Å². The molecule has 0 aromatic heterocycles. The van der Waals surface area contributed by atoms with Crippen molar-refractivity contribution in [2.75, 3.05) is 0 Å². The van der Waals surface area contributed by atoms with Crippen LogP contribution in [0.4, 0.5) is 26.3 Å². The second kappa shape index (κ2) is 6.98. The fraction of sp³-hybridized carbons (Fsp3) is 0.550. The van der Waals surface area contributed by atoms with Gasteiger partial charge in [-0.15, -0.1) is 10.3 Å². The Morgan fingerprint density at radius 3 is 2.03 bits per heavy atom. The number of carbonyl (C=O) groups excluding carboxylic acids is 1. The van der Waals surface area contributed by atoms with Crippen molar-refractivity contribution in [2.45, 2.75) is 69.9 Å². The first kappa shape index (κ1) is 22.6. The zero-order valence-corrected chi connectivity index (χ0v) is 16.5. The molecule has 165 valence electrons. The van der Waals surface area contributed by atoms with Crippen LogP contribution < -0.4 is 0 Å². The summed E-state index contributed by atoms with van der Waals surface area (Å²) in [5.41, 5.74) is -5.18. The van der Waals surface area contributed by atoms with Gasteiger partial charge in [-0.25, -0.2) is 4.79 Å². The van der Waals surface area contributed by atoms with Gasteiger partial charge in [0, 0.05) is 12.0 Å². The number of hydrogen-bond acceptors (Lipinski definition) is 3. The second-order valence-corrected chi connectivity index (χ2v) is 8.50. The maximum atomic E-state index is 13.0. The number of fused-ring (bicyclic) bond motifs is 1. The molecule has 0 saturated carbocycles. The monoisotopic (exact) mass is 436 g/mol. The van der Waals surface area contributed by atoms with Gasteiger partial charge in [0.25, 0.3) is 0 Å². The number of alkyl halides is 6. The third-order valence-corrected chi connectivity index (χ3v) is 5.70. The highest BCUT2D eigenvalue weighted by atomic mass is 19.4. The summed E-state index contributed by atoms with van der Waals surface area (Å²) in [6.07, 6.45) is -8.58. The molecule has 2 aliphatic rings. The zero-order chi connectivity index (χ0) is 22.7. The molecule has 10 heteroatoms. The van der Waals surface area contributed by atoms with Crippen LogP contribution in [0.15, 0.2) is 29.5 Å². The summed E-state index contributed by atoms with van der Waals surface area (Å²) in [6.45, 7) is 5.14. The van der Waals surface area contributed by atoms with Gasteiger partial charge in [0.05, 0.1) is 22.2 Å². The average molecular weight is 436 g/mol. The van der Waals surface area contributed by atoms with E-state index in [0.29, 0.717) is 30.5 Å². The molecule has 1 radical (unpaired) electrons. The van der Waals surface area contributed by atoms with E-state index in [1.54, 1.807) is 20.8 Å². The van der Waals surface area contributed by atoms with Crippen LogP contribution in [-0.2, 0) is 22.3 Å². The van der Waals surface area contributed by atoms with Gasteiger partial charge in [0.2, 0.25) is 0 Å². The lowest BCUT2D eigenvalue weighted by Crippen LogP contribution is -2.47. The van der Waals surface area contributed by atoms with Crippen LogP contribution in [0.5, 0.6) is 0 Å². The van der Waals surface area contributed by atoms with Crippen molar-refractivity contribution in [3.05, 3.63) is 46.2 Å². The molecule has 0 amide bonds. The Bertz CT molecular complexity index is 871. The van der Waals surface area contributed by atoms with Crippen LogP contribution in [0.25, 0.3) is 0 Å². The van der Waals surface area contributed by atoms with Gasteiger partial charge >= 0.3 is 18.3 Å². The predicted octanol–water partition coefficient (Wildman–Crippen LogP) is 5.91. The summed E-state index contributed by atoms with van der Waals surface area (Å²) in [6, 6.07) is 0.623. The van der Waals surface area contributed by atoms with Gasteiger partial charge in [-0.1, -0.05) is 0 Å². The van der Waals surface area contributed by atoms with Crippen LogP contribution in [0, 0.1) is 0 Å². The molecule has 0 unspecified atom stereocenters. The number of ether oxygens (including phenoxy) is 1. The van der Waals surface area contributed by atoms with E-state index in [2.05, 4.69) is 0 Å². The number of halogens is 6. The molecule has 1 aromatic rings. The molecule has 1 aromatic carbocycles. The number of esters is 1. The van der Waals surface area contributed by atoms with E-state index in [1.807, 2.05) is 0 Å². The molecule has 1 fully saturated rings. The number of carbonyl (C=O) groups is 1. The van der Waals surface area contributed by atoms with Gasteiger partial charge < -0.3 is 4.74 Å². The summed E-state index contributed by atoms with van der Waals surface area (Å²) in [5.74, 6) is -1.17. The molecule has 1 saturated heterocycles. The Hall–Kier alpha value is -2.07. The normalized spacial score (nSPS) is 24.7. The maximum Gasteiger partial charge on any atom is 0.416 e. The molecule has 30 heavy (non-hydrogen) atoms. The minimum absolute atomic E-state index is 0.0504. The largest absolute Gasteiger partial charge is 0.427 e. The van der Waals surface area contributed by atoms with Crippen molar-refractivity contribution < 1.29 is 41.1 Å². The van der Waals surface area contributed by atoms with Gasteiger partial charge in [-0.2, -0.15) is 26.3 Å². The number of hydrogen-bond donors (Lipinski definition) is 0. The molecule has 1 atom stereocenters. The number of nitrogens with zero attached hydrogens (tertiary/aromatic N) is 1. The number of benzene rings is 1. The molecular weight excluding hydrogens is 416 g/mol. The van der Waals surface area contributed by atoms with Crippen molar-refractivity contribution >= 4 is 5.97 Å². The lowest BCUT2D eigenvalue weighted by molar-refractivity contribution is -0.247. The first-order chi connectivity index (χ1) is 13.6. The molecule has 0 bridgehead atoms. The fourth-order valence-corrected chi connectivity index (χ4v) is 4.24. The van der Waals surface area contributed by atoms with Crippen LogP contribution in [0.1, 0.15) is 67.9 Å². The Kier molecular flexibility index (Phi) is 5.26. The van der Waals surface area contributed by atoms with Crippen LogP contribution in [-0.4, -0.2) is 22.1 Å². The molecule has 3 rings (SSSR count). The summed E-state index contributed by atoms with van der Waals surface area (Å²) in [4.78, 5) is 12.5. The Balaban J connectivity index is 2.00. The van der Waals surface area contributed by atoms with Crippen LogP contribution in [0.2, 0.25) is 0 Å². The SMILES string of the molecule is CC1(C)CC2=C(OC(=O)c3cc(C(F)(F)F)cc(C(F)(F)F)c3)CCC[C@@]2(C)N1[O]. The summed E-state index contributed by atoms with van der Waals surface area (Å²) < 4.78 is 83.5. The first-order valence-electron chi connectivity index (χ1n) is 9.27. The average Bonchev–Trinajstić information content (AvgIpc) is 2.80. The van der Waals surface area contributed by atoms with Gasteiger partial charge in [0.1, 0.15) is 5.76 Å². The van der Waals surface area contributed by atoms with E-state index in [1.165, 1.54) is 0 Å².